The number of pyridine rings is 1. The molecule has 3 aromatic rings. The van der Waals surface area contributed by atoms with Crippen molar-refractivity contribution in [2.45, 2.75) is 64.5 Å². The van der Waals surface area contributed by atoms with E-state index in [0.29, 0.717) is 34.9 Å². The highest BCUT2D eigenvalue weighted by Crippen LogP contribution is 2.36. The average molecular weight is 472 g/mol. The van der Waals surface area contributed by atoms with Gasteiger partial charge < -0.3 is 14.6 Å². The molecule has 0 radical (unpaired) electrons. The fourth-order valence-electron chi connectivity index (χ4n) is 4.65. The maximum atomic E-state index is 14.1. The van der Waals surface area contributed by atoms with Gasteiger partial charge in [0, 0.05) is 35.3 Å². The number of hydrogen-bond acceptors (Lipinski definition) is 4. The molecule has 1 aliphatic rings. The lowest BCUT2D eigenvalue weighted by Crippen LogP contribution is -2.56. The molecule has 0 aliphatic carbocycles. The van der Waals surface area contributed by atoms with Gasteiger partial charge in [0.25, 0.3) is 5.91 Å². The lowest BCUT2D eigenvalue weighted by molar-refractivity contribution is 0.0348. The fraction of sp³-hybridized carbons (Fsp3) is 0.462. The summed E-state index contributed by atoms with van der Waals surface area (Å²) in [6, 6.07) is 8.65. The van der Waals surface area contributed by atoms with Crippen LogP contribution in [0.5, 0.6) is 0 Å². The summed E-state index contributed by atoms with van der Waals surface area (Å²) in [6.07, 6.45) is 1.76. The molecule has 0 spiro atoms. The molecule has 1 saturated heterocycles. The monoisotopic (exact) mass is 471 g/mol. The summed E-state index contributed by atoms with van der Waals surface area (Å²) in [5, 5.41) is 3.39. The van der Waals surface area contributed by atoms with Crippen LogP contribution in [0.15, 0.2) is 34.7 Å². The number of nitrogens with one attached hydrogen (secondary N) is 1. The van der Waals surface area contributed by atoms with Crippen molar-refractivity contribution < 1.29 is 13.6 Å². The summed E-state index contributed by atoms with van der Waals surface area (Å²) in [4.78, 5) is 20.1. The number of furan rings is 1. The highest BCUT2D eigenvalue weighted by Gasteiger charge is 2.39. The molecule has 3 heterocycles. The first-order valence-corrected chi connectivity index (χ1v) is 11.7. The number of nitrogens with zero attached hydrogens (tertiary/aromatic N) is 2. The van der Waals surface area contributed by atoms with Crippen molar-refractivity contribution in [3.63, 3.8) is 0 Å². The van der Waals surface area contributed by atoms with E-state index in [4.69, 9.17) is 21.0 Å². The SMILES string of the molecule is CNC1CCN(C(=O)c2cc3nc(-c4ccc(Cl)c(F)c4)cc(C(C)(C)C)c3o2)C(C)(C)C1. The molecule has 1 N–H and O–H groups in total. The zero-order valence-corrected chi connectivity index (χ0v) is 20.8. The summed E-state index contributed by atoms with van der Waals surface area (Å²) >= 11 is 5.86. The van der Waals surface area contributed by atoms with Gasteiger partial charge in [-0.3, -0.25) is 4.79 Å². The molecule has 1 atom stereocenters. The molecule has 1 fully saturated rings. The van der Waals surface area contributed by atoms with Gasteiger partial charge in [0.05, 0.1) is 10.7 Å². The number of carbonyl (C=O) groups excluding carboxylic acids is 1. The maximum absolute atomic E-state index is 14.1. The van der Waals surface area contributed by atoms with Crippen LogP contribution in [0, 0.1) is 5.82 Å². The normalized spacial score (nSPS) is 18.7. The Morgan fingerprint density at radius 1 is 1.27 bits per heavy atom. The zero-order chi connectivity index (χ0) is 24.1. The topological polar surface area (TPSA) is 58.4 Å². The maximum Gasteiger partial charge on any atom is 0.290 e. The summed E-state index contributed by atoms with van der Waals surface area (Å²) < 4.78 is 20.3. The first kappa shape index (κ1) is 23.7. The van der Waals surface area contributed by atoms with Gasteiger partial charge in [-0.05, 0) is 57.4 Å². The minimum Gasteiger partial charge on any atom is -0.449 e. The van der Waals surface area contributed by atoms with Gasteiger partial charge in [-0.15, -0.1) is 0 Å². The number of rotatable bonds is 3. The van der Waals surface area contributed by atoms with E-state index in [1.165, 1.54) is 12.1 Å². The minimum atomic E-state index is -0.497. The van der Waals surface area contributed by atoms with Crippen molar-refractivity contribution in [2.75, 3.05) is 13.6 Å². The Kier molecular flexibility index (Phi) is 6.04. The highest BCUT2D eigenvalue weighted by molar-refractivity contribution is 6.30. The van der Waals surface area contributed by atoms with Gasteiger partial charge in [0.15, 0.2) is 11.3 Å². The van der Waals surface area contributed by atoms with Crippen LogP contribution in [0.4, 0.5) is 4.39 Å². The Hall–Kier alpha value is -2.44. The summed E-state index contributed by atoms with van der Waals surface area (Å²) in [7, 11) is 1.96. The van der Waals surface area contributed by atoms with E-state index in [-0.39, 0.29) is 27.6 Å². The molecule has 1 unspecified atom stereocenters. The Morgan fingerprint density at radius 2 is 2.00 bits per heavy atom. The Bertz CT molecular complexity index is 1210. The van der Waals surface area contributed by atoms with Crippen molar-refractivity contribution in [1.82, 2.24) is 15.2 Å². The molecule has 7 heteroatoms. The zero-order valence-electron chi connectivity index (χ0n) is 20.1. The van der Waals surface area contributed by atoms with Crippen LogP contribution >= 0.6 is 11.6 Å². The van der Waals surface area contributed by atoms with Crippen LogP contribution in [-0.2, 0) is 5.41 Å². The molecule has 2 aromatic heterocycles. The van der Waals surface area contributed by atoms with E-state index in [1.54, 1.807) is 12.1 Å². The number of carbonyl (C=O) groups is 1. The highest BCUT2D eigenvalue weighted by atomic mass is 35.5. The van der Waals surface area contributed by atoms with Crippen LogP contribution in [0.3, 0.4) is 0 Å². The Balaban J connectivity index is 1.79. The molecule has 1 aromatic carbocycles. The van der Waals surface area contributed by atoms with Gasteiger partial charge >= 0.3 is 0 Å². The molecule has 0 bridgehead atoms. The molecule has 176 valence electrons. The van der Waals surface area contributed by atoms with Crippen LogP contribution in [0.1, 0.15) is 63.6 Å². The fourth-order valence-corrected chi connectivity index (χ4v) is 4.76. The van der Waals surface area contributed by atoms with E-state index in [9.17, 15) is 9.18 Å². The van der Waals surface area contributed by atoms with Crippen LogP contribution < -0.4 is 5.32 Å². The third-order valence-corrected chi connectivity index (χ3v) is 6.85. The molecule has 0 saturated carbocycles. The number of hydrogen-bond donors (Lipinski definition) is 1. The molecule has 5 nitrogen and oxygen atoms in total. The van der Waals surface area contributed by atoms with E-state index >= 15 is 0 Å². The number of fused-ring (bicyclic) bond motifs is 1. The molecule has 1 amide bonds. The Labute approximate surface area is 199 Å². The smallest absolute Gasteiger partial charge is 0.290 e. The van der Waals surface area contributed by atoms with Crippen molar-refractivity contribution in [2.24, 2.45) is 0 Å². The van der Waals surface area contributed by atoms with Crippen LogP contribution in [0.25, 0.3) is 22.4 Å². The average Bonchev–Trinajstić information content (AvgIpc) is 3.17. The van der Waals surface area contributed by atoms with Gasteiger partial charge in [-0.25, -0.2) is 9.37 Å². The lowest BCUT2D eigenvalue weighted by Gasteiger charge is -2.45. The van der Waals surface area contributed by atoms with Gasteiger partial charge in [0.1, 0.15) is 11.3 Å². The number of likely N-dealkylation sites (tertiary alicyclic amines) is 1. The summed E-state index contributed by atoms with van der Waals surface area (Å²) in [5.41, 5.74) is 2.74. The third kappa shape index (κ3) is 4.51. The Morgan fingerprint density at radius 3 is 2.61 bits per heavy atom. The van der Waals surface area contributed by atoms with Crippen molar-refractivity contribution in [3.8, 4) is 11.3 Å². The predicted molar refractivity (Wildman–Crippen MR) is 130 cm³/mol. The van der Waals surface area contributed by atoms with Crippen molar-refractivity contribution in [3.05, 3.63) is 52.5 Å². The van der Waals surface area contributed by atoms with Crippen molar-refractivity contribution >= 4 is 28.6 Å². The van der Waals surface area contributed by atoms with Crippen molar-refractivity contribution in [1.29, 1.82) is 0 Å². The largest absolute Gasteiger partial charge is 0.449 e. The second-order valence-electron chi connectivity index (χ2n) is 10.5. The second-order valence-corrected chi connectivity index (χ2v) is 10.9. The second kappa shape index (κ2) is 8.41. The van der Waals surface area contributed by atoms with Gasteiger partial charge in [-0.2, -0.15) is 0 Å². The van der Waals surface area contributed by atoms with E-state index in [1.807, 2.05) is 18.0 Å². The van der Waals surface area contributed by atoms with Crippen LogP contribution in [-0.4, -0.2) is 41.0 Å². The summed E-state index contributed by atoms with van der Waals surface area (Å²) in [5.74, 6) is -0.353. The van der Waals surface area contributed by atoms with Gasteiger partial charge in [-0.1, -0.05) is 38.4 Å². The number of piperidine rings is 1. The number of benzene rings is 1. The molecular formula is C26H31ClFN3O2. The van der Waals surface area contributed by atoms with E-state index in [0.717, 1.165) is 18.4 Å². The van der Waals surface area contributed by atoms with Crippen LogP contribution in [0.2, 0.25) is 5.02 Å². The first-order valence-electron chi connectivity index (χ1n) is 11.3. The van der Waals surface area contributed by atoms with E-state index in [2.05, 4.69) is 39.9 Å². The quantitative estimate of drug-likeness (QED) is 0.495. The number of amides is 1. The molecular weight excluding hydrogens is 441 g/mol. The number of halogens is 2. The third-order valence-electron chi connectivity index (χ3n) is 6.54. The van der Waals surface area contributed by atoms with E-state index < -0.39 is 5.82 Å². The number of aromatic nitrogens is 1. The van der Waals surface area contributed by atoms with Gasteiger partial charge in [0.2, 0.25) is 0 Å². The molecule has 1 aliphatic heterocycles. The molecule has 4 rings (SSSR count). The standard InChI is InChI=1S/C26H31ClFN3O2/c1-25(2,3)17-12-20(15-7-8-18(27)19(28)11-15)30-21-13-22(33-23(17)21)24(32)31-10-9-16(29-6)14-26(31,4)5/h7-8,11-13,16,29H,9-10,14H2,1-6H3. The predicted octanol–water partition coefficient (Wildman–Crippen LogP) is 6.19. The molecule has 33 heavy (non-hydrogen) atoms. The lowest BCUT2D eigenvalue weighted by atomic mass is 9.86. The first-order chi connectivity index (χ1) is 15.4. The minimum absolute atomic E-state index is 0.0664. The summed E-state index contributed by atoms with van der Waals surface area (Å²) in [6.45, 7) is 11.0.